The lowest BCUT2D eigenvalue weighted by atomic mass is 10.1. The second-order valence-electron chi connectivity index (χ2n) is 4.75. The maximum Gasteiger partial charge on any atom is 0.169 e. The fourth-order valence-corrected chi connectivity index (χ4v) is 2.01. The van der Waals surface area contributed by atoms with Gasteiger partial charge in [0.05, 0.1) is 12.3 Å². The lowest BCUT2D eigenvalue weighted by Gasteiger charge is -2.10. The van der Waals surface area contributed by atoms with E-state index in [9.17, 15) is 0 Å². The van der Waals surface area contributed by atoms with E-state index in [1.165, 1.54) is 0 Å². The van der Waals surface area contributed by atoms with Crippen LogP contribution in [-0.2, 0) is 6.54 Å². The summed E-state index contributed by atoms with van der Waals surface area (Å²) in [6, 6.07) is 9.80. The number of aromatic nitrogens is 3. The van der Waals surface area contributed by atoms with Crippen LogP contribution in [0.4, 0.5) is 5.82 Å². The van der Waals surface area contributed by atoms with Gasteiger partial charge in [0.1, 0.15) is 5.75 Å². The number of ether oxygens (including phenoxy) is 1. The normalized spacial score (nSPS) is 10.9. The molecule has 0 bridgehead atoms. The predicted molar refractivity (Wildman–Crippen MR) is 75.1 cm³/mol. The number of aryl methyl sites for hydroxylation is 1. The van der Waals surface area contributed by atoms with Gasteiger partial charge in [0, 0.05) is 13.0 Å². The third kappa shape index (κ3) is 3.47. The highest BCUT2D eigenvalue weighted by atomic mass is 16.5. The first-order chi connectivity index (χ1) is 9.18. The van der Waals surface area contributed by atoms with Crippen molar-refractivity contribution in [2.75, 3.05) is 12.3 Å². The molecule has 0 spiro atoms. The van der Waals surface area contributed by atoms with Crippen molar-refractivity contribution in [1.29, 1.82) is 0 Å². The van der Waals surface area contributed by atoms with Gasteiger partial charge in [-0.05, 0) is 18.1 Å². The third-order valence-corrected chi connectivity index (χ3v) is 2.87. The molecule has 19 heavy (non-hydrogen) atoms. The molecule has 5 nitrogen and oxygen atoms in total. The van der Waals surface area contributed by atoms with E-state index < -0.39 is 0 Å². The van der Waals surface area contributed by atoms with Crippen LogP contribution in [0.25, 0.3) is 0 Å². The molecule has 2 rings (SSSR count). The van der Waals surface area contributed by atoms with Crippen LogP contribution in [0.5, 0.6) is 5.75 Å². The number of nitrogens with zero attached hydrogens (tertiary/aromatic N) is 3. The molecule has 1 aromatic heterocycles. The average molecular weight is 260 g/mol. The largest absolute Gasteiger partial charge is 0.494 e. The molecule has 0 unspecified atom stereocenters. The maximum absolute atomic E-state index is 5.81. The van der Waals surface area contributed by atoms with Gasteiger partial charge in [-0.1, -0.05) is 37.3 Å². The second kappa shape index (κ2) is 6.22. The van der Waals surface area contributed by atoms with Crippen molar-refractivity contribution in [1.82, 2.24) is 15.0 Å². The minimum Gasteiger partial charge on any atom is -0.494 e. The quantitative estimate of drug-likeness (QED) is 0.810. The Bertz CT molecular complexity index is 507. The molecule has 0 aliphatic heterocycles. The molecule has 1 aromatic carbocycles. The molecule has 0 atom stereocenters. The first-order valence-electron chi connectivity index (χ1n) is 6.55. The summed E-state index contributed by atoms with van der Waals surface area (Å²) >= 11 is 0. The van der Waals surface area contributed by atoms with Crippen LogP contribution in [0.1, 0.15) is 31.9 Å². The van der Waals surface area contributed by atoms with Crippen molar-refractivity contribution in [3.63, 3.8) is 0 Å². The summed E-state index contributed by atoms with van der Waals surface area (Å²) in [5.74, 6) is 1.74. The van der Waals surface area contributed by atoms with Crippen LogP contribution >= 0.6 is 0 Å². The van der Waals surface area contributed by atoms with E-state index in [1.54, 1.807) is 0 Å². The van der Waals surface area contributed by atoms with Crippen molar-refractivity contribution in [3.8, 4) is 5.75 Å². The monoisotopic (exact) mass is 260 g/mol. The number of rotatable bonds is 6. The minimum absolute atomic E-state index is 0.324. The predicted octanol–water partition coefficient (Wildman–Crippen LogP) is 2.45. The molecule has 1 heterocycles. The maximum atomic E-state index is 5.81. The first-order valence-corrected chi connectivity index (χ1v) is 6.55. The lowest BCUT2D eigenvalue weighted by molar-refractivity contribution is 0.296. The lowest BCUT2D eigenvalue weighted by Crippen LogP contribution is -2.10. The van der Waals surface area contributed by atoms with Crippen molar-refractivity contribution >= 4 is 5.82 Å². The number of para-hydroxylation sites is 1. The Morgan fingerprint density at radius 2 is 2.00 bits per heavy atom. The summed E-state index contributed by atoms with van der Waals surface area (Å²) in [6.07, 6.45) is 0.872. The summed E-state index contributed by atoms with van der Waals surface area (Å²) < 4.78 is 7.51. The zero-order valence-electron chi connectivity index (χ0n) is 11.4. The zero-order chi connectivity index (χ0) is 13.7. The molecule has 0 radical (unpaired) electrons. The molecular formula is C14H20N4O. The van der Waals surface area contributed by atoms with Gasteiger partial charge < -0.3 is 10.5 Å². The highest BCUT2D eigenvalue weighted by molar-refractivity contribution is 5.35. The van der Waals surface area contributed by atoms with Crippen LogP contribution in [0.15, 0.2) is 30.3 Å². The molecule has 0 saturated heterocycles. The van der Waals surface area contributed by atoms with E-state index >= 15 is 0 Å². The Labute approximate surface area is 113 Å². The third-order valence-electron chi connectivity index (χ3n) is 2.87. The van der Waals surface area contributed by atoms with E-state index in [2.05, 4.69) is 24.2 Å². The summed E-state index contributed by atoms with van der Waals surface area (Å²) in [7, 11) is 0. The summed E-state index contributed by atoms with van der Waals surface area (Å²) in [5, 5.41) is 7.99. The zero-order valence-corrected chi connectivity index (χ0v) is 11.4. The van der Waals surface area contributed by atoms with E-state index in [0.717, 1.165) is 24.4 Å². The Kier molecular flexibility index (Phi) is 4.39. The van der Waals surface area contributed by atoms with Crippen molar-refractivity contribution in [2.45, 2.75) is 32.7 Å². The van der Waals surface area contributed by atoms with Crippen molar-refractivity contribution < 1.29 is 4.74 Å². The molecule has 5 heteroatoms. The molecular weight excluding hydrogens is 240 g/mol. The van der Waals surface area contributed by atoms with Crippen LogP contribution in [0.2, 0.25) is 0 Å². The van der Waals surface area contributed by atoms with Gasteiger partial charge in [0.25, 0.3) is 0 Å². The Hall–Kier alpha value is -2.04. The highest BCUT2D eigenvalue weighted by Gasteiger charge is 2.13. The van der Waals surface area contributed by atoms with E-state index in [1.807, 2.05) is 35.0 Å². The van der Waals surface area contributed by atoms with Gasteiger partial charge in [-0.2, -0.15) is 0 Å². The molecule has 2 aromatic rings. The summed E-state index contributed by atoms with van der Waals surface area (Å²) in [4.78, 5) is 0. The van der Waals surface area contributed by atoms with Gasteiger partial charge in [-0.25, -0.2) is 4.68 Å². The van der Waals surface area contributed by atoms with Crippen LogP contribution in [0.3, 0.4) is 0 Å². The first kappa shape index (κ1) is 13.4. The molecule has 0 amide bonds. The fourth-order valence-electron chi connectivity index (χ4n) is 2.01. The standard InChI is InChI=1S/C14H20N4O/c1-11(2)13-14(15)16-17-18(13)9-6-10-19-12-7-4-3-5-8-12/h3-5,7-8,11H,6,9-10,15H2,1-2H3. The molecule has 0 saturated carbocycles. The Morgan fingerprint density at radius 1 is 1.26 bits per heavy atom. The number of anilines is 1. The smallest absolute Gasteiger partial charge is 0.169 e. The Morgan fingerprint density at radius 3 is 2.68 bits per heavy atom. The molecule has 102 valence electrons. The van der Waals surface area contributed by atoms with Gasteiger partial charge in [-0.15, -0.1) is 5.10 Å². The van der Waals surface area contributed by atoms with Crippen LogP contribution in [-0.4, -0.2) is 21.6 Å². The molecule has 0 aliphatic carbocycles. The summed E-state index contributed by atoms with van der Waals surface area (Å²) in [6.45, 7) is 5.60. The molecule has 0 aliphatic rings. The number of nitrogens with two attached hydrogens (primary N) is 1. The van der Waals surface area contributed by atoms with E-state index in [-0.39, 0.29) is 0 Å². The van der Waals surface area contributed by atoms with Gasteiger partial charge >= 0.3 is 0 Å². The minimum atomic E-state index is 0.324. The van der Waals surface area contributed by atoms with Gasteiger partial charge in [-0.3, -0.25) is 0 Å². The highest BCUT2D eigenvalue weighted by Crippen LogP contribution is 2.19. The van der Waals surface area contributed by atoms with E-state index in [4.69, 9.17) is 10.5 Å². The second-order valence-corrected chi connectivity index (χ2v) is 4.75. The number of benzene rings is 1. The van der Waals surface area contributed by atoms with Crippen molar-refractivity contribution in [3.05, 3.63) is 36.0 Å². The Balaban J connectivity index is 1.83. The average Bonchev–Trinajstić information content (AvgIpc) is 2.77. The number of hydrogen-bond donors (Lipinski definition) is 1. The number of nitrogen functional groups attached to an aromatic ring is 1. The fraction of sp³-hybridized carbons (Fsp3) is 0.429. The van der Waals surface area contributed by atoms with E-state index in [0.29, 0.717) is 18.3 Å². The van der Waals surface area contributed by atoms with Gasteiger partial charge in [0.2, 0.25) is 0 Å². The topological polar surface area (TPSA) is 66.0 Å². The summed E-state index contributed by atoms with van der Waals surface area (Å²) in [5.41, 5.74) is 6.81. The SMILES string of the molecule is CC(C)c1c(N)nnn1CCCOc1ccccc1. The van der Waals surface area contributed by atoms with Gasteiger partial charge in [0.15, 0.2) is 5.82 Å². The molecule has 0 fully saturated rings. The van der Waals surface area contributed by atoms with Crippen LogP contribution in [0, 0.1) is 0 Å². The number of hydrogen-bond acceptors (Lipinski definition) is 4. The molecule has 2 N–H and O–H groups in total. The van der Waals surface area contributed by atoms with Crippen LogP contribution < -0.4 is 10.5 Å². The van der Waals surface area contributed by atoms with Crippen molar-refractivity contribution in [2.24, 2.45) is 0 Å².